The van der Waals surface area contributed by atoms with Crippen molar-refractivity contribution in [1.29, 1.82) is 0 Å². The number of benzene rings is 2. The minimum absolute atomic E-state index is 0.00950. The van der Waals surface area contributed by atoms with Crippen LogP contribution in [0, 0.1) is 5.92 Å². The number of hydrogen-bond donors (Lipinski definition) is 2. The zero-order valence-electron chi connectivity index (χ0n) is 19.8. The summed E-state index contributed by atoms with van der Waals surface area (Å²) >= 11 is 0. The molecule has 7 heteroatoms. The van der Waals surface area contributed by atoms with Crippen LogP contribution in [0.15, 0.2) is 36.4 Å². The Bertz CT molecular complexity index is 1060. The number of rotatable bonds is 6. The summed E-state index contributed by atoms with van der Waals surface area (Å²) in [5.41, 5.74) is 4.78. The van der Waals surface area contributed by atoms with Gasteiger partial charge in [-0.3, -0.25) is 14.5 Å². The number of carbonyl (C=O) groups excluding carboxylic acids is 2. The van der Waals surface area contributed by atoms with E-state index in [1.54, 1.807) is 6.07 Å². The van der Waals surface area contributed by atoms with Crippen LogP contribution in [0.5, 0.6) is 11.5 Å². The van der Waals surface area contributed by atoms with Crippen LogP contribution >= 0.6 is 0 Å². The third-order valence-electron chi connectivity index (χ3n) is 7.22. The third kappa shape index (κ3) is 5.20. The molecule has 2 heterocycles. The number of likely N-dealkylation sites (tertiary alicyclic amines) is 1. The second kappa shape index (κ2) is 10.1. The average molecular weight is 464 g/mol. The molecule has 0 spiro atoms. The van der Waals surface area contributed by atoms with Gasteiger partial charge in [0.05, 0.1) is 12.6 Å². The summed E-state index contributed by atoms with van der Waals surface area (Å²) < 4.78 is 10.7. The van der Waals surface area contributed by atoms with E-state index in [9.17, 15) is 9.59 Å². The molecule has 7 nitrogen and oxygen atoms in total. The fourth-order valence-electron chi connectivity index (χ4n) is 5.17. The molecule has 2 N–H and O–H groups in total. The van der Waals surface area contributed by atoms with Crippen LogP contribution in [0.25, 0.3) is 0 Å². The van der Waals surface area contributed by atoms with Crippen molar-refractivity contribution in [3.05, 3.63) is 53.1 Å². The Kier molecular flexibility index (Phi) is 6.72. The second-order valence-electron chi connectivity index (χ2n) is 9.63. The molecule has 2 aromatic carbocycles. The largest absolute Gasteiger partial charge is 0.454 e. The van der Waals surface area contributed by atoms with Gasteiger partial charge in [0, 0.05) is 17.7 Å². The highest BCUT2D eigenvalue weighted by Gasteiger charge is 2.27. The first-order valence-corrected chi connectivity index (χ1v) is 12.4. The van der Waals surface area contributed by atoms with Gasteiger partial charge in [-0.1, -0.05) is 18.2 Å². The average Bonchev–Trinajstić information content (AvgIpc) is 3.32. The molecule has 1 atom stereocenters. The van der Waals surface area contributed by atoms with Gasteiger partial charge in [-0.2, -0.15) is 0 Å². The number of nitrogens with one attached hydrogen (secondary N) is 2. The number of carbonyl (C=O) groups is 2. The fourth-order valence-corrected chi connectivity index (χ4v) is 5.17. The Balaban J connectivity index is 1.07. The summed E-state index contributed by atoms with van der Waals surface area (Å²) in [7, 11) is 0. The van der Waals surface area contributed by atoms with Crippen LogP contribution in [-0.2, 0) is 22.4 Å². The highest BCUT2D eigenvalue weighted by Crippen LogP contribution is 2.34. The Hall–Kier alpha value is -3.06. The monoisotopic (exact) mass is 463 g/mol. The van der Waals surface area contributed by atoms with E-state index in [0.29, 0.717) is 23.7 Å². The number of hydrogen-bond acceptors (Lipinski definition) is 5. The molecule has 0 bridgehead atoms. The van der Waals surface area contributed by atoms with Gasteiger partial charge in [0.2, 0.25) is 18.6 Å². The van der Waals surface area contributed by atoms with Crippen molar-refractivity contribution >= 4 is 17.5 Å². The summed E-state index contributed by atoms with van der Waals surface area (Å²) in [6.45, 7) is 4.10. The number of anilines is 1. The number of ether oxygens (including phenoxy) is 2. The van der Waals surface area contributed by atoms with Crippen LogP contribution in [-0.4, -0.2) is 43.1 Å². The van der Waals surface area contributed by atoms with Crippen molar-refractivity contribution in [2.24, 2.45) is 5.92 Å². The third-order valence-corrected chi connectivity index (χ3v) is 7.22. The van der Waals surface area contributed by atoms with E-state index in [0.717, 1.165) is 32.4 Å². The molecule has 1 fully saturated rings. The molecule has 0 aromatic heterocycles. The normalized spacial score (nSPS) is 18.7. The molecule has 3 aliphatic rings. The number of aryl methyl sites for hydroxylation is 2. The lowest BCUT2D eigenvalue weighted by Gasteiger charge is -2.31. The maximum atomic E-state index is 12.7. The summed E-state index contributed by atoms with van der Waals surface area (Å²) in [5.74, 6) is 1.35. The number of nitrogens with zero attached hydrogens (tertiary/aromatic N) is 1. The first-order valence-electron chi connectivity index (χ1n) is 12.4. The zero-order valence-corrected chi connectivity index (χ0v) is 19.8. The molecule has 0 radical (unpaired) electrons. The van der Waals surface area contributed by atoms with Crippen LogP contribution in [0.2, 0.25) is 0 Å². The number of fused-ring (bicyclic) bond motifs is 2. The predicted molar refractivity (Wildman–Crippen MR) is 130 cm³/mol. The molecule has 1 saturated heterocycles. The van der Waals surface area contributed by atoms with Gasteiger partial charge in [-0.05, 0) is 87.4 Å². The van der Waals surface area contributed by atoms with Gasteiger partial charge in [0.1, 0.15) is 0 Å². The molecule has 0 saturated carbocycles. The zero-order chi connectivity index (χ0) is 23.5. The lowest BCUT2D eigenvalue weighted by atomic mass is 9.89. The molecular weight excluding hydrogens is 430 g/mol. The first kappa shape index (κ1) is 22.7. The summed E-state index contributed by atoms with van der Waals surface area (Å²) in [5, 5.41) is 6.15. The summed E-state index contributed by atoms with van der Waals surface area (Å²) in [4.78, 5) is 27.5. The minimum atomic E-state index is -0.0563. The maximum Gasteiger partial charge on any atom is 0.234 e. The summed E-state index contributed by atoms with van der Waals surface area (Å²) in [6, 6.07) is 12.1. The Labute approximate surface area is 200 Å². The van der Waals surface area contributed by atoms with E-state index >= 15 is 0 Å². The lowest BCUT2D eigenvalue weighted by molar-refractivity contribution is -0.124. The number of amides is 2. The van der Waals surface area contributed by atoms with Gasteiger partial charge < -0.3 is 20.1 Å². The van der Waals surface area contributed by atoms with Gasteiger partial charge in [-0.15, -0.1) is 0 Å². The van der Waals surface area contributed by atoms with Crippen LogP contribution in [0.3, 0.4) is 0 Å². The molecule has 2 aliphatic heterocycles. The van der Waals surface area contributed by atoms with Crippen molar-refractivity contribution in [1.82, 2.24) is 10.2 Å². The van der Waals surface area contributed by atoms with E-state index in [-0.39, 0.29) is 30.6 Å². The molecule has 2 aromatic rings. The van der Waals surface area contributed by atoms with E-state index in [2.05, 4.69) is 40.7 Å². The molecule has 1 aliphatic carbocycles. The van der Waals surface area contributed by atoms with Crippen molar-refractivity contribution in [2.45, 2.75) is 51.5 Å². The van der Waals surface area contributed by atoms with Crippen molar-refractivity contribution in [3.63, 3.8) is 0 Å². The quantitative estimate of drug-likeness (QED) is 0.681. The predicted octanol–water partition coefficient (Wildman–Crippen LogP) is 3.82. The molecule has 5 rings (SSSR count). The van der Waals surface area contributed by atoms with E-state index < -0.39 is 0 Å². The second-order valence-corrected chi connectivity index (χ2v) is 9.63. The van der Waals surface area contributed by atoms with Crippen molar-refractivity contribution in [3.8, 4) is 11.5 Å². The highest BCUT2D eigenvalue weighted by atomic mass is 16.7. The van der Waals surface area contributed by atoms with E-state index in [1.165, 1.54) is 36.0 Å². The first-order chi connectivity index (χ1) is 16.5. The van der Waals surface area contributed by atoms with Gasteiger partial charge in [-0.25, -0.2) is 0 Å². The van der Waals surface area contributed by atoms with Crippen LogP contribution in [0.4, 0.5) is 5.69 Å². The molecular formula is C27H33N3O4. The topological polar surface area (TPSA) is 79.9 Å². The Morgan fingerprint density at radius 1 is 1.00 bits per heavy atom. The maximum absolute atomic E-state index is 12.7. The summed E-state index contributed by atoms with van der Waals surface area (Å²) in [6.07, 6.45) is 6.31. The Morgan fingerprint density at radius 3 is 2.59 bits per heavy atom. The van der Waals surface area contributed by atoms with Gasteiger partial charge in [0.15, 0.2) is 11.5 Å². The fraction of sp³-hybridized carbons (Fsp3) is 0.481. The molecule has 34 heavy (non-hydrogen) atoms. The Morgan fingerprint density at radius 2 is 1.76 bits per heavy atom. The number of piperidine rings is 1. The van der Waals surface area contributed by atoms with Crippen LogP contribution < -0.4 is 20.1 Å². The van der Waals surface area contributed by atoms with Crippen molar-refractivity contribution in [2.75, 3.05) is 31.7 Å². The standard InChI is InChI=1S/C27H33N3O4/c1-18(21-7-6-19-4-2-3-5-22(19)14-21)28-26(31)16-30-12-10-20(11-13-30)27(32)29-23-8-9-24-25(15-23)34-17-33-24/h6-9,14-15,18,20H,2-5,10-13,16-17H2,1H3,(H,28,31)(H,29,32). The van der Waals surface area contributed by atoms with Crippen LogP contribution in [0.1, 0.15) is 55.3 Å². The molecule has 180 valence electrons. The van der Waals surface area contributed by atoms with Crippen molar-refractivity contribution < 1.29 is 19.1 Å². The van der Waals surface area contributed by atoms with Gasteiger partial charge >= 0.3 is 0 Å². The molecule has 1 unspecified atom stereocenters. The SMILES string of the molecule is CC(NC(=O)CN1CCC(C(=O)Nc2ccc3c(c2)OCO3)CC1)c1ccc2c(c1)CCCC2. The highest BCUT2D eigenvalue weighted by molar-refractivity contribution is 5.93. The van der Waals surface area contributed by atoms with E-state index in [1.807, 2.05) is 12.1 Å². The van der Waals surface area contributed by atoms with E-state index in [4.69, 9.17) is 9.47 Å². The minimum Gasteiger partial charge on any atom is -0.454 e. The van der Waals surface area contributed by atoms with Gasteiger partial charge in [0.25, 0.3) is 0 Å². The molecule has 2 amide bonds. The lowest BCUT2D eigenvalue weighted by Crippen LogP contribution is -2.43. The smallest absolute Gasteiger partial charge is 0.234 e.